The average molecular weight is 215 g/mol. The van der Waals surface area contributed by atoms with Crippen molar-refractivity contribution in [2.75, 3.05) is 20.3 Å². The largest absolute Gasteiger partial charge is 0.385 e. The molecular formula is C12H25NO2. The lowest BCUT2D eigenvalue weighted by Crippen LogP contribution is -2.30. The van der Waals surface area contributed by atoms with E-state index in [1.165, 1.54) is 0 Å². The molecule has 1 fully saturated rings. The quantitative estimate of drug-likeness (QED) is 0.706. The van der Waals surface area contributed by atoms with Gasteiger partial charge in [-0.3, -0.25) is 0 Å². The molecule has 0 radical (unpaired) electrons. The molecule has 2 N–H and O–H groups in total. The van der Waals surface area contributed by atoms with Crippen LogP contribution in [0.2, 0.25) is 0 Å². The molecule has 3 heteroatoms. The van der Waals surface area contributed by atoms with E-state index in [1.807, 2.05) is 0 Å². The van der Waals surface area contributed by atoms with Crippen molar-refractivity contribution < 1.29 is 9.47 Å². The van der Waals surface area contributed by atoms with Crippen LogP contribution in [0.25, 0.3) is 0 Å². The maximum Gasteiger partial charge on any atom is 0.0648 e. The lowest BCUT2D eigenvalue weighted by atomic mass is 10.1. The summed E-state index contributed by atoms with van der Waals surface area (Å²) in [5, 5.41) is 0. The fraction of sp³-hybridized carbons (Fsp3) is 1.00. The summed E-state index contributed by atoms with van der Waals surface area (Å²) in [5.74, 6) is 0.560. The Morgan fingerprint density at radius 2 is 2.13 bits per heavy atom. The summed E-state index contributed by atoms with van der Waals surface area (Å²) < 4.78 is 11.0. The van der Waals surface area contributed by atoms with Crippen molar-refractivity contribution in [1.29, 1.82) is 0 Å². The second kappa shape index (κ2) is 4.81. The molecule has 1 aliphatic rings. The Labute approximate surface area is 93.3 Å². The Balaban J connectivity index is 2.20. The van der Waals surface area contributed by atoms with Gasteiger partial charge in [0, 0.05) is 25.2 Å². The molecule has 0 heterocycles. The van der Waals surface area contributed by atoms with E-state index in [-0.39, 0.29) is 11.1 Å². The van der Waals surface area contributed by atoms with Gasteiger partial charge in [-0.2, -0.15) is 0 Å². The minimum absolute atomic E-state index is 0.0668. The summed E-state index contributed by atoms with van der Waals surface area (Å²) in [4.78, 5) is 0. The first kappa shape index (κ1) is 12.9. The minimum Gasteiger partial charge on any atom is -0.385 e. The molecule has 0 aromatic carbocycles. The molecule has 2 atom stereocenters. The van der Waals surface area contributed by atoms with Crippen LogP contribution in [-0.4, -0.2) is 31.5 Å². The predicted octanol–water partition coefficient (Wildman–Crippen LogP) is 1.95. The van der Waals surface area contributed by atoms with E-state index in [1.54, 1.807) is 7.11 Å². The lowest BCUT2D eigenvalue weighted by Gasteiger charge is -2.25. The summed E-state index contributed by atoms with van der Waals surface area (Å²) in [7, 11) is 1.72. The van der Waals surface area contributed by atoms with Crippen molar-refractivity contribution in [3.63, 3.8) is 0 Å². The van der Waals surface area contributed by atoms with E-state index in [4.69, 9.17) is 15.2 Å². The molecule has 0 amide bonds. The van der Waals surface area contributed by atoms with Crippen LogP contribution in [0.3, 0.4) is 0 Å². The number of methoxy groups -OCH3 is 1. The monoisotopic (exact) mass is 215 g/mol. The standard InChI is InChI=1S/C12H25NO2/c1-5-12(13)8-10(12)9-15-11(2,3)6-7-14-4/h10H,5-9,13H2,1-4H3. The third kappa shape index (κ3) is 3.74. The number of rotatable bonds is 7. The normalized spacial score (nSPS) is 30.6. The van der Waals surface area contributed by atoms with Crippen molar-refractivity contribution in [2.24, 2.45) is 11.7 Å². The number of hydrogen-bond donors (Lipinski definition) is 1. The Hall–Kier alpha value is -0.120. The third-order valence-corrected chi connectivity index (χ3v) is 3.52. The van der Waals surface area contributed by atoms with Gasteiger partial charge in [-0.15, -0.1) is 0 Å². The summed E-state index contributed by atoms with van der Waals surface area (Å²) in [6.07, 6.45) is 3.10. The molecule has 3 nitrogen and oxygen atoms in total. The SMILES string of the molecule is CCC1(N)CC1COC(C)(C)CCOC. The molecule has 0 spiro atoms. The van der Waals surface area contributed by atoms with Crippen LogP contribution in [-0.2, 0) is 9.47 Å². The average Bonchev–Trinajstić information content (AvgIpc) is 2.85. The Kier molecular flexibility index (Phi) is 4.15. The molecule has 90 valence electrons. The molecule has 0 aliphatic heterocycles. The molecule has 15 heavy (non-hydrogen) atoms. The highest BCUT2D eigenvalue weighted by molar-refractivity contribution is 5.06. The van der Waals surface area contributed by atoms with Crippen molar-refractivity contribution in [3.05, 3.63) is 0 Å². The minimum atomic E-state index is -0.0900. The van der Waals surface area contributed by atoms with E-state index in [2.05, 4.69) is 20.8 Å². The zero-order valence-electron chi connectivity index (χ0n) is 10.5. The highest BCUT2D eigenvalue weighted by atomic mass is 16.5. The van der Waals surface area contributed by atoms with Crippen LogP contribution in [0, 0.1) is 5.92 Å². The lowest BCUT2D eigenvalue weighted by molar-refractivity contribution is -0.0431. The highest BCUT2D eigenvalue weighted by Crippen LogP contribution is 2.44. The maximum absolute atomic E-state index is 6.11. The van der Waals surface area contributed by atoms with Crippen LogP contribution in [0.1, 0.15) is 40.0 Å². The second-order valence-corrected chi connectivity index (χ2v) is 5.30. The fourth-order valence-corrected chi connectivity index (χ4v) is 1.80. The molecular weight excluding hydrogens is 190 g/mol. The third-order valence-electron chi connectivity index (χ3n) is 3.52. The number of nitrogens with two attached hydrogens (primary N) is 1. The van der Waals surface area contributed by atoms with Gasteiger partial charge in [-0.25, -0.2) is 0 Å². The van der Waals surface area contributed by atoms with E-state index in [0.29, 0.717) is 5.92 Å². The van der Waals surface area contributed by atoms with Gasteiger partial charge in [0.05, 0.1) is 12.2 Å². The van der Waals surface area contributed by atoms with Gasteiger partial charge in [0.25, 0.3) is 0 Å². The molecule has 0 bridgehead atoms. The summed E-state index contributed by atoms with van der Waals surface area (Å²) in [5.41, 5.74) is 6.09. The first-order valence-corrected chi connectivity index (χ1v) is 5.85. The van der Waals surface area contributed by atoms with Gasteiger partial charge in [0.2, 0.25) is 0 Å². The van der Waals surface area contributed by atoms with Gasteiger partial charge >= 0.3 is 0 Å². The molecule has 0 aromatic heterocycles. The zero-order valence-corrected chi connectivity index (χ0v) is 10.5. The van der Waals surface area contributed by atoms with Gasteiger partial charge in [-0.05, 0) is 33.1 Å². The zero-order chi connectivity index (χ0) is 11.5. The molecule has 1 aliphatic carbocycles. The van der Waals surface area contributed by atoms with Crippen LogP contribution >= 0.6 is 0 Å². The van der Waals surface area contributed by atoms with Crippen LogP contribution < -0.4 is 5.73 Å². The van der Waals surface area contributed by atoms with E-state index >= 15 is 0 Å². The summed E-state index contributed by atoms with van der Waals surface area (Å²) in [6, 6.07) is 0. The first-order valence-electron chi connectivity index (χ1n) is 5.85. The Bertz CT molecular complexity index is 206. The molecule has 1 rings (SSSR count). The van der Waals surface area contributed by atoms with Gasteiger partial charge in [-0.1, -0.05) is 6.92 Å². The Morgan fingerprint density at radius 3 is 2.60 bits per heavy atom. The van der Waals surface area contributed by atoms with Gasteiger partial charge < -0.3 is 15.2 Å². The van der Waals surface area contributed by atoms with Crippen molar-refractivity contribution >= 4 is 0 Å². The van der Waals surface area contributed by atoms with Gasteiger partial charge in [0.1, 0.15) is 0 Å². The maximum atomic E-state index is 6.11. The van der Waals surface area contributed by atoms with Crippen LogP contribution in [0.5, 0.6) is 0 Å². The summed E-state index contributed by atoms with van der Waals surface area (Å²) >= 11 is 0. The second-order valence-electron chi connectivity index (χ2n) is 5.30. The van der Waals surface area contributed by atoms with Gasteiger partial charge in [0.15, 0.2) is 0 Å². The molecule has 0 saturated heterocycles. The van der Waals surface area contributed by atoms with E-state index < -0.39 is 0 Å². The van der Waals surface area contributed by atoms with Crippen LogP contribution in [0.4, 0.5) is 0 Å². The van der Waals surface area contributed by atoms with E-state index in [9.17, 15) is 0 Å². The van der Waals surface area contributed by atoms with Crippen molar-refractivity contribution in [2.45, 2.75) is 51.2 Å². The smallest absolute Gasteiger partial charge is 0.0648 e. The number of hydrogen-bond acceptors (Lipinski definition) is 3. The van der Waals surface area contributed by atoms with Crippen LogP contribution in [0.15, 0.2) is 0 Å². The molecule has 2 unspecified atom stereocenters. The van der Waals surface area contributed by atoms with Crippen molar-refractivity contribution in [1.82, 2.24) is 0 Å². The topological polar surface area (TPSA) is 44.5 Å². The van der Waals surface area contributed by atoms with E-state index in [0.717, 1.165) is 32.5 Å². The number of ether oxygens (including phenoxy) is 2. The predicted molar refractivity (Wildman–Crippen MR) is 61.8 cm³/mol. The first-order chi connectivity index (χ1) is 6.93. The fourth-order valence-electron chi connectivity index (χ4n) is 1.80. The van der Waals surface area contributed by atoms with Crippen molar-refractivity contribution in [3.8, 4) is 0 Å². The molecule has 1 saturated carbocycles. The molecule has 0 aromatic rings. The summed E-state index contributed by atoms with van der Waals surface area (Å²) in [6.45, 7) is 7.91. The highest BCUT2D eigenvalue weighted by Gasteiger charge is 2.49. The Morgan fingerprint density at radius 1 is 1.47 bits per heavy atom.